The molecule has 0 bridgehead atoms. The monoisotopic (exact) mass is 579 g/mol. The van der Waals surface area contributed by atoms with Crippen LogP contribution in [-0.4, -0.2) is 32.3 Å². The van der Waals surface area contributed by atoms with E-state index in [1.54, 1.807) is 19.1 Å². The molecule has 0 fully saturated rings. The zero-order chi connectivity index (χ0) is 25.0. The molecule has 0 saturated heterocycles. The maximum absolute atomic E-state index is 12.6. The summed E-state index contributed by atoms with van der Waals surface area (Å²) >= 11 is 31.4. The van der Waals surface area contributed by atoms with E-state index >= 15 is 0 Å². The standard InChI is InChI=1S/C21H18Cl5N5O2S/c1-3-31-19(10(2)27-20(33)13-5-4-11(22)6-14(13)24)29-30-21(31)34-9-17(32)28-18-15(25)7-12(23)8-16(18)26/h4-8,10H,3,9H2,1-2H3,(H,27,33)(H,28,32)/t10-/m0/s1. The van der Waals surface area contributed by atoms with Crippen molar-refractivity contribution in [2.24, 2.45) is 0 Å². The molecule has 2 N–H and O–H groups in total. The van der Waals surface area contributed by atoms with E-state index in [1.807, 2.05) is 11.5 Å². The highest BCUT2D eigenvalue weighted by atomic mass is 35.5. The minimum absolute atomic E-state index is 0.0363. The molecule has 34 heavy (non-hydrogen) atoms. The zero-order valence-corrected chi connectivity index (χ0v) is 22.4. The number of anilines is 1. The van der Waals surface area contributed by atoms with Gasteiger partial charge in [-0.05, 0) is 44.2 Å². The Labute approximate surface area is 225 Å². The SMILES string of the molecule is CCn1c(SCC(=O)Nc2c(Cl)cc(Cl)cc2Cl)nnc1[C@H](C)NC(=O)c1ccc(Cl)cc1Cl. The Balaban J connectivity index is 1.66. The Kier molecular flexibility index (Phi) is 9.37. The number of benzene rings is 2. The summed E-state index contributed by atoms with van der Waals surface area (Å²) in [5, 5.41) is 16.0. The summed E-state index contributed by atoms with van der Waals surface area (Å²) in [6.45, 7) is 4.22. The first-order valence-corrected chi connectivity index (χ1v) is 12.7. The van der Waals surface area contributed by atoms with E-state index < -0.39 is 6.04 Å². The van der Waals surface area contributed by atoms with Crippen molar-refractivity contribution < 1.29 is 9.59 Å². The lowest BCUT2D eigenvalue weighted by Crippen LogP contribution is -2.29. The van der Waals surface area contributed by atoms with Crippen LogP contribution < -0.4 is 10.6 Å². The second-order valence-electron chi connectivity index (χ2n) is 6.99. The van der Waals surface area contributed by atoms with Crippen LogP contribution in [0, 0.1) is 0 Å². The molecule has 2 amide bonds. The normalized spacial score (nSPS) is 11.9. The van der Waals surface area contributed by atoms with Crippen molar-refractivity contribution in [2.75, 3.05) is 11.1 Å². The topological polar surface area (TPSA) is 88.9 Å². The molecular weight excluding hydrogens is 564 g/mol. The predicted molar refractivity (Wildman–Crippen MR) is 139 cm³/mol. The summed E-state index contributed by atoms with van der Waals surface area (Å²) in [6.07, 6.45) is 0. The fourth-order valence-corrected chi connectivity index (χ4v) is 5.22. The van der Waals surface area contributed by atoms with Gasteiger partial charge in [0, 0.05) is 16.6 Å². The number of amides is 2. The highest BCUT2D eigenvalue weighted by Crippen LogP contribution is 2.34. The van der Waals surface area contributed by atoms with E-state index in [4.69, 9.17) is 58.0 Å². The molecule has 1 atom stereocenters. The molecule has 0 spiro atoms. The van der Waals surface area contributed by atoms with Crippen LogP contribution in [-0.2, 0) is 11.3 Å². The van der Waals surface area contributed by atoms with Gasteiger partial charge in [0.1, 0.15) is 0 Å². The van der Waals surface area contributed by atoms with E-state index in [0.29, 0.717) is 33.1 Å². The highest BCUT2D eigenvalue weighted by Gasteiger charge is 2.21. The molecule has 0 radical (unpaired) electrons. The van der Waals surface area contributed by atoms with Gasteiger partial charge in [0.05, 0.1) is 38.1 Å². The molecular formula is C21H18Cl5N5O2S. The van der Waals surface area contributed by atoms with Crippen molar-refractivity contribution in [3.05, 3.63) is 66.8 Å². The summed E-state index contributed by atoms with van der Waals surface area (Å²) in [4.78, 5) is 25.1. The van der Waals surface area contributed by atoms with Gasteiger partial charge < -0.3 is 15.2 Å². The van der Waals surface area contributed by atoms with Crippen LogP contribution in [0.3, 0.4) is 0 Å². The molecule has 3 aromatic rings. The second kappa shape index (κ2) is 11.8. The number of nitrogens with one attached hydrogen (secondary N) is 2. The van der Waals surface area contributed by atoms with Gasteiger partial charge >= 0.3 is 0 Å². The number of halogens is 5. The summed E-state index contributed by atoms with van der Waals surface area (Å²) in [6, 6.07) is 7.15. The van der Waals surface area contributed by atoms with Crippen molar-refractivity contribution in [3.63, 3.8) is 0 Å². The van der Waals surface area contributed by atoms with E-state index in [9.17, 15) is 9.59 Å². The Morgan fingerprint density at radius 2 is 1.65 bits per heavy atom. The average molecular weight is 582 g/mol. The molecule has 0 unspecified atom stereocenters. The van der Waals surface area contributed by atoms with Crippen molar-refractivity contribution in [1.82, 2.24) is 20.1 Å². The van der Waals surface area contributed by atoms with Crippen molar-refractivity contribution in [2.45, 2.75) is 31.6 Å². The summed E-state index contributed by atoms with van der Waals surface area (Å²) in [5.41, 5.74) is 0.583. The van der Waals surface area contributed by atoms with Crippen LogP contribution in [0.25, 0.3) is 0 Å². The molecule has 2 aromatic carbocycles. The first kappa shape index (κ1) is 26.9. The summed E-state index contributed by atoms with van der Waals surface area (Å²) in [5.74, 6) is -0.131. The minimum atomic E-state index is -0.471. The Morgan fingerprint density at radius 3 is 2.26 bits per heavy atom. The van der Waals surface area contributed by atoms with Crippen molar-refractivity contribution in [3.8, 4) is 0 Å². The number of rotatable bonds is 8. The fourth-order valence-electron chi connectivity index (χ4n) is 3.00. The first-order chi connectivity index (χ1) is 16.1. The number of carbonyl (C=O) groups excluding carboxylic acids is 2. The Bertz CT molecular complexity index is 1210. The Hall–Kier alpha value is -1.68. The van der Waals surface area contributed by atoms with Crippen LogP contribution in [0.4, 0.5) is 5.69 Å². The van der Waals surface area contributed by atoms with Crippen molar-refractivity contribution in [1.29, 1.82) is 0 Å². The molecule has 0 saturated carbocycles. The highest BCUT2D eigenvalue weighted by molar-refractivity contribution is 7.99. The number of carbonyl (C=O) groups is 2. The van der Waals surface area contributed by atoms with Crippen LogP contribution in [0.15, 0.2) is 35.5 Å². The number of thioether (sulfide) groups is 1. The lowest BCUT2D eigenvalue weighted by molar-refractivity contribution is -0.113. The molecule has 7 nitrogen and oxygen atoms in total. The number of hydrogen-bond acceptors (Lipinski definition) is 5. The minimum Gasteiger partial charge on any atom is -0.342 e. The largest absolute Gasteiger partial charge is 0.342 e. The van der Waals surface area contributed by atoms with Gasteiger partial charge in [-0.25, -0.2) is 0 Å². The van der Waals surface area contributed by atoms with Gasteiger partial charge in [-0.3, -0.25) is 9.59 Å². The van der Waals surface area contributed by atoms with Crippen LogP contribution in [0.1, 0.15) is 36.1 Å². The molecule has 0 aliphatic carbocycles. The van der Waals surface area contributed by atoms with E-state index in [1.165, 1.54) is 30.0 Å². The summed E-state index contributed by atoms with van der Waals surface area (Å²) < 4.78 is 1.81. The molecule has 180 valence electrons. The zero-order valence-electron chi connectivity index (χ0n) is 17.8. The lowest BCUT2D eigenvalue weighted by atomic mass is 10.2. The molecule has 0 aliphatic heterocycles. The lowest BCUT2D eigenvalue weighted by Gasteiger charge is -2.15. The van der Waals surface area contributed by atoms with Gasteiger partial charge in [-0.1, -0.05) is 69.8 Å². The fraction of sp³-hybridized carbons (Fsp3) is 0.238. The maximum Gasteiger partial charge on any atom is 0.253 e. The van der Waals surface area contributed by atoms with E-state index in [0.717, 1.165) is 0 Å². The van der Waals surface area contributed by atoms with Crippen molar-refractivity contribution >= 4 is 87.3 Å². The Morgan fingerprint density at radius 1 is 1.00 bits per heavy atom. The van der Waals surface area contributed by atoms with Gasteiger partial charge in [0.25, 0.3) is 5.91 Å². The second-order valence-corrected chi connectivity index (χ2v) is 10.0. The number of hydrogen-bond donors (Lipinski definition) is 2. The van der Waals surface area contributed by atoms with Gasteiger partial charge in [0.15, 0.2) is 11.0 Å². The van der Waals surface area contributed by atoms with Gasteiger partial charge in [-0.2, -0.15) is 0 Å². The average Bonchev–Trinajstić information content (AvgIpc) is 3.17. The predicted octanol–water partition coefficient (Wildman–Crippen LogP) is 6.79. The molecule has 0 aliphatic rings. The maximum atomic E-state index is 12.6. The van der Waals surface area contributed by atoms with Gasteiger partial charge in [0.2, 0.25) is 5.91 Å². The third kappa shape index (κ3) is 6.50. The van der Waals surface area contributed by atoms with Crippen LogP contribution >= 0.6 is 69.8 Å². The summed E-state index contributed by atoms with van der Waals surface area (Å²) in [7, 11) is 0. The quantitative estimate of drug-likeness (QED) is 0.286. The van der Waals surface area contributed by atoms with Gasteiger partial charge in [-0.15, -0.1) is 10.2 Å². The van der Waals surface area contributed by atoms with Crippen LogP contribution in [0.2, 0.25) is 25.1 Å². The molecule has 1 heterocycles. The molecule has 1 aromatic heterocycles. The van der Waals surface area contributed by atoms with Crippen LogP contribution in [0.5, 0.6) is 0 Å². The number of aromatic nitrogens is 3. The van der Waals surface area contributed by atoms with E-state index in [2.05, 4.69) is 20.8 Å². The third-order valence-corrected chi connectivity index (χ3v) is 6.90. The smallest absolute Gasteiger partial charge is 0.253 e. The van der Waals surface area contributed by atoms with E-state index in [-0.39, 0.29) is 38.3 Å². The molecule has 3 rings (SSSR count). The third-order valence-electron chi connectivity index (χ3n) is 4.58. The molecule has 13 heteroatoms. The first-order valence-electron chi connectivity index (χ1n) is 9.86. The number of nitrogens with zero attached hydrogens (tertiary/aromatic N) is 3.